The number of hydrogen-bond donors (Lipinski definition) is 3. The Bertz CT molecular complexity index is 245. The van der Waals surface area contributed by atoms with E-state index in [2.05, 4.69) is 10.6 Å². The summed E-state index contributed by atoms with van der Waals surface area (Å²) in [5.74, 6) is -0.923. The van der Waals surface area contributed by atoms with Crippen LogP contribution in [0.25, 0.3) is 0 Å². The van der Waals surface area contributed by atoms with Gasteiger partial charge in [-0.3, -0.25) is 0 Å². The normalized spacial score (nSPS) is 20.1. The van der Waals surface area contributed by atoms with Crippen molar-refractivity contribution in [3.8, 4) is 0 Å². The van der Waals surface area contributed by atoms with Gasteiger partial charge in [0.05, 0.1) is 0 Å². The molecule has 2 amide bonds. The second-order valence-corrected chi connectivity index (χ2v) is 4.01. The predicted octanol–water partition coefficient (Wildman–Crippen LogP) is 1.09. The number of rotatable bonds is 2. The summed E-state index contributed by atoms with van der Waals surface area (Å²) in [5, 5.41) is 14.2. The van der Waals surface area contributed by atoms with Crippen LogP contribution >= 0.6 is 0 Å². The monoisotopic (exact) mass is 214 g/mol. The van der Waals surface area contributed by atoms with Crippen molar-refractivity contribution < 1.29 is 14.7 Å². The van der Waals surface area contributed by atoms with Crippen molar-refractivity contribution in [1.29, 1.82) is 0 Å². The Kier molecular flexibility index (Phi) is 3.94. The molecule has 0 aromatic carbocycles. The van der Waals surface area contributed by atoms with Gasteiger partial charge in [0.1, 0.15) is 5.54 Å². The first-order valence-electron chi connectivity index (χ1n) is 5.34. The highest BCUT2D eigenvalue weighted by molar-refractivity contribution is 5.86. The minimum Gasteiger partial charge on any atom is -0.480 e. The molecule has 0 aromatic rings. The van der Waals surface area contributed by atoms with E-state index >= 15 is 0 Å². The molecule has 15 heavy (non-hydrogen) atoms. The van der Waals surface area contributed by atoms with Crippen LogP contribution in [0.3, 0.4) is 0 Å². The summed E-state index contributed by atoms with van der Waals surface area (Å²) in [6.45, 7) is 0. The van der Waals surface area contributed by atoms with E-state index in [0.29, 0.717) is 12.8 Å². The average molecular weight is 214 g/mol. The van der Waals surface area contributed by atoms with Gasteiger partial charge in [-0.2, -0.15) is 0 Å². The van der Waals surface area contributed by atoms with E-state index in [0.717, 1.165) is 25.7 Å². The molecule has 1 rings (SSSR count). The summed E-state index contributed by atoms with van der Waals surface area (Å²) < 4.78 is 0. The molecule has 0 spiro atoms. The molecular weight excluding hydrogens is 196 g/mol. The van der Waals surface area contributed by atoms with Crippen molar-refractivity contribution in [3.05, 3.63) is 0 Å². The van der Waals surface area contributed by atoms with Crippen molar-refractivity contribution in [2.45, 2.75) is 44.1 Å². The van der Waals surface area contributed by atoms with E-state index in [-0.39, 0.29) is 0 Å². The summed E-state index contributed by atoms with van der Waals surface area (Å²) in [6.07, 6.45) is 4.85. The van der Waals surface area contributed by atoms with Gasteiger partial charge in [-0.1, -0.05) is 25.7 Å². The van der Waals surface area contributed by atoms with Crippen LogP contribution in [0.4, 0.5) is 4.79 Å². The first-order valence-corrected chi connectivity index (χ1v) is 5.34. The lowest BCUT2D eigenvalue weighted by Crippen LogP contribution is -2.56. The number of carboxylic acid groups (broad SMARTS) is 1. The Morgan fingerprint density at radius 1 is 1.13 bits per heavy atom. The number of carbonyl (C=O) groups excluding carboxylic acids is 1. The third kappa shape index (κ3) is 2.84. The highest BCUT2D eigenvalue weighted by Gasteiger charge is 2.39. The van der Waals surface area contributed by atoms with Gasteiger partial charge in [-0.25, -0.2) is 9.59 Å². The number of carboxylic acids is 1. The highest BCUT2D eigenvalue weighted by atomic mass is 16.4. The predicted molar refractivity (Wildman–Crippen MR) is 55.7 cm³/mol. The van der Waals surface area contributed by atoms with Gasteiger partial charge >= 0.3 is 12.0 Å². The minimum atomic E-state index is -1.06. The Balaban J connectivity index is 2.75. The van der Waals surface area contributed by atoms with Gasteiger partial charge in [-0.15, -0.1) is 0 Å². The Morgan fingerprint density at radius 2 is 1.67 bits per heavy atom. The first kappa shape index (κ1) is 11.8. The maximum atomic E-state index is 11.2. The van der Waals surface area contributed by atoms with E-state index in [9.17, 15) is 14.7 Å². The number of aliphatic carboxylic acids is 1. The zero-order chi connectivity index (χ0) is 11.3. The maximum Gasteiger partial charge on any atom is 0.329 e. The number of urea groups is 1. The van der Waals surface area contributed by atoms with Crippen LogP contribution < -0.4 is 10.6 Å². The molecule has 1 fully saturated rings. The van der Waals surface area contributed by atoms with Crippen LogP contribution in [0.15, 0.2) is 0 Å². The fraction of sp³-hybridized carbons (Fsp3) is 0.800. The van der Waals surface area contributed by atoms with Crippen molar-refractivity contribution in [2.75, 3.05) is 7.05 Å². The quantitative estimate of drug-likeness (QED) is 0.602. The standard InChI is InChI=1S/C10H18N2O3/c1-11-9(15)12-10(8(13)14)6-4-2-3-5-7-10/h2-7H2,1H3,(H,13,14)(H2,11,12,15). The SMILES string of the molecule is CNC(=O)NC1(C(=O)O)CCCCCC1. The zero-order valence-electron chi connectivity index (χ0n) is 9.01. The zero-order valence-corrected chi connectivity index (χ0v) is 9.01. The summed E-state index contributed by atoms with van der Waals surface area (Å²) in [6, 6.07) is -0.417. The van der Waals surface area contributed by atoms with E-state index in [1.54, 1.807) is 0 Å². The molecule has 0 atom stereocenters. The molecule has 5 heteroatoms. The maximum absolute atomic E-state index is 11.2. The molecule has 0 aliphatic heterocycles. The van der Waals surface area contributed by atoms with Crippen LogP contribution in [-0.2, 0) is 4.79 Å². The van der Waals surface area contributed by atoms with Gasteiger partial charge < -0.3 is 15.7 Å². The molecule has 86 valence electrons. The van der Waals surface area contributed by atoms with Gasteiger partial charge in [0.15, 0.2) is 0 Å². The van der Waals surface area contributed by atoms with E-state index in [4.69, 9.17) is 0 Å². The van der Waals surface area contributed by atoms with Gasteiger partial charge in [0.2, 0.25) is 0 Å². The van der Waals surface area contributed by atoms with Crippen LogP contribution in [0, 0.1) is 0 Å². The van der Waals surface area contributed by atoms with Crippen molar-refractivity contribution in [2.24, 2.45) is 0 Å². The second-order valence-electron chi connectivity index (χ2n) is 4.01. The van der Waals surface area contributed by atoms with Crippen LogP contribution in [0.5, 0.6) is 0 Å². The summed E-state index contributed by atoms with van der Waals surface area (Å²) in [4.78, 5) is 22.5. The van der Waals surface area contributed by atoms with E-state index < -0.39 is 17.5 Å². The Morgan fingerprint density at radius 3 is 2.07 bits per heavy atom. The van der Waals surface area contributed by atoms with Crippen LogP contribution in [0.1, 0.15) is 38.5 Å². The molecule has 1 saturated carbocycles. The molecule has 0 heterocycles. The van der Waals surface area contributed by atoms with E-state index in [1.165, 1.54) is 7.05 Å². The smallest absolute Gasteiger partial charge is 0.329 e. The third-order valence-electron chi connectivity index (χ3n) is 2.95. The number of nitrogens with one attached hydrogen (secondary N) is 2. The number of carbonyl (C=O) groups is 2. The van der Waals surface area contributed by atoms with Crippen LogP contribution in [-0.4, -0.2) is 29.7 Å². The second kappa shape index (κ2) is 5.00. The topological polar surface area (TPSA) is 78.4 Å². The number of hydrogen-bond acceptors (Lipinski definition) is 2. The fourth-order valence-electron chi connectivity index (χ4n) is 2.00. The van der Waals surface area contributed by atoms with Crippen LogP contribution in [0.2, 0.25) is 0 Å². The van der Waals surface area contributed by atoms with Gasteiger partial charge in [-0.05, 0) is 12.8 Å². The van der Waals surface area contributed by atoms with Crippen molar-refractivity contribution >= 4 is 12.0 Å². The fourth-order valence-corrected chi connectivity index (χ4v) is 2.00. The summed E-state index contributed by atoms with van der Waals surface area (Å²) in [7, 11) is 1.49. The molecule has 0 unspecified atom stereocenters. The summed E-state index contributed by atoms with van der Waals surface area (Å²) in [5.41, 5.74) is -1.06. The lowest BCUT2D eigenvalue weighted by atomic mass is 9.90. The molecular formula is C10H18N2O3. The largest absolute Gasteiger partial charge is 0.480 e. The molecule has 0 saturated heterocycles. The lowest BCUT2D eigenvalue weighted by Gasteiger charge is -2.28. The molecule has 0 bridgehead atoms. The third-order valence-corrected chi connectivity index (χ3v) is 2.95. The van der Waals surface area contributed by atoms with Crippen molar-refractivity contribution in [1.82, 2.24) is 10.6 Å². The molecule has 0 radical (unpaired) electrons. The molecule has 5 nitrogen and oxygen atoms in total. The Labute approximate surface area is 89.2 Å². The van der Waals surface area contributed by atoms with Crippen molar-refractivity contribution in [3.63, 3.8) is 0 Å². The van der Waals surface area contributed by atoms with Gasteiger partial charge in [0.25, 0.3) is 0 Å². The minimum absolute atomic E-state index is 0.417. The summed E-state index contributed by atoms with van der Waals surface area (Å²) >= 11 is 0. The molecule has 1 aliphatic rings. The van der Waals surface area contributed by atoms with E-state index in [1.807, 2.05) is 0 Å². The number of amides is 2. The average Bonchev–Trinajstić information content (AvgIpc) is 2.44. The first-order chi connectivity index (χ1) is 7.10. The Hall–Kier alpha value is -1.26. The van der Waals surface area contributed by atoms with Gasteiger partial charge in [0, 0.05) is 7.05 Å². The molecule has 3 N–H and O–H groups in total. The lowest BCUT2D eigenvalue weighted by molar-refractivity contribution is -0.145. The highest BCUT2D eigenvalue weighted by Crippen LogP contribution is 2.27. The molecule has 1 aliphatic carbocycles. The molecule has 0 aromatic heterocycles.